The molecule has 1 aliphatic rings. The molecule has 0 bridgehead atoms. The van der Waals surface area contributed by atoms with Crippen molar-refractivity contribution < 1.29 is 4.79 Å². The SMILES string of the molecule is CC(NC(=O)C(C)C1(c2ccccc2)CCNCC1)c1cc(Cl)cc2ccccc12. The van der Waals surface area contributed by atoms with E-state index in [4.69, 9.17) is 11.6 Å². The van der Waals surface area contributed by atoms with Crippen LogP contribution in [0.2, 0.25) is 5.02 Å². The number of hydrogen-bond donors (Lipinski definition) is 2. The summed E-state index contributed by atoms with van der Waals surface area (Å²) in [5.41, 5.74) is 2.17. The van der Waals surface area contributed by atoms with Gasteiger partial charge < -0.3 is 10.6 Å². The number of piperidine rings is 1. The van der Waals surface area contributed by atoms with E-state index in [0.29, 0.717) is 5.02 Å². The Hall–Kier alpha value is -2.36. The van der Waals surface area contributed by atoms with Gasteiger partial charge in [0, 0.05) is 16.4 Å². The number of hydrogen-bond acceptors (Lipinski definition) is 2. The maximum atomic E-state index is 13.5. The Kier molecular flexibility index (Phi) is 6.12. The lowest BCUT2D eigenvalue weighted by Gasteiger charge is -2.42. The summed E-state index contributed by atoms with van der Waals surface area (Å²) >= 11 is 6.37. The standard InChI is InChI=1S/C26H29ClN2O/c1-18(26(12-14-28-15-13-26)21-9-4-3-5-10-21)25(30)29-19(2)24-17-22(27)16-20-8-6-7-11-23(20)24/h3-11,16-19,28H,12-15H2,1-2H3,(H,29,30). The molecule has 156 valence electrons. The van der Waals surface area contributed by atoms with Crippen molar-refractivity contribution in [3.8, 4) is 0 Å². The Morgan fingerprint density at radius 3 is 2.40 bits per heavy atom. The van der Waals surface area contributed by atoms with Gasteiger partial charge in [-0.25, -0.2) is 0 Å². The predicted molar refractivity (Wildman–Crippen MR) is 125 cm³/mol. The van der Waals surface area contributed by atoms with Crippen molar-refractivity contribution in [1.29, 1.82) is 0 Å². The van der Waals surface area contributed by atoms with Crippen molar-refractivity contribution in [1.82, 2.24) is 10.6 Å². The van der Waals surface area contributed by atoms with E-state index in [-0.39, 0.29) is 23.3 Å². The lowest BCUT2D eigenvalue weighted by atomic mass is 9.65. The second kappa shape index (κ2) is 8.79. The van der Waals surface area contributed by atoms with Crippen LogP contribution < -0.4 is 10.6 Å². The van der Waals surface area contributed by atoms with Crippen LogP contribution in [0.3, 0.4) is 0 Å². The first-order chi connectivity index (χ1) is 14.5. The van der Waals surface area contributed by atoms with E-state index in [2.05, 4.69) is 54.0 Å². The molecule has 2 atom stereocenters. The molecule has 3 aromatic rings. The average Bonchev–Trinajstić information content (AvgIpc) is 2.79. The van der Waals surface area contributed by atoms with Gasteiger partial charge in [-0.15, -0.1) is 0 Å². The molecule has 30 heavy (non-hydrogen) atoms. The van der Waals surface area contributed by atoms with Crippen molar-refractivity contribution in [2.45, 2.75) is 38.1 Å². The van der Waals surface area contributed by atoms with Crippen LogP contribution >= 0.6 is 11.6 Å². The quantitative estimate of drug-likeness (QED) is 0.561. The molecular weight excluding hydrogens is 392 g/mol. The summed E-state index contributed by atoms with van der Waals surface area (Å²) in [7, 11) is 0. The first-order valence-corrected chi connectivity index (χ1v) is 11.1. The predicted octanol–water partition coefficient (Wildman–Crippen LogP) is 5.63. The van der Waals surface area contributed by atoms with Gasteiger partial charge in [0.1, 0.15) is 0 Å². The van der Waals surface area contributed by atoms with Crippen LogP contribution in [0.15, 0.2) is 66.7 Å². The zero-order valence-corrected chi connectivity index (χ0v) is 18.4. The number of carbonyl (C=O) groups is 1. The molecule has 3 aromatic carbocycles. The summed E-state index contributed by atoms with van der Waals surface area (Å²) in [4.78, 5) is 13.5. The van der Waals surface area contributed by atoms with Crippen molar-refractivity contribution in [3.63, 3.8) is 0 Å². The Labute approximate surface area is 183 Å². The van der Waals surface area contributed by atoms with Gasteiger partial charge in [-0.2, -0.15) is 0 Å². The maximum Gasteiger partial charge on any atom is 0.224 e. The van der Waals surface area contributed by atoms with Gasteiger partial charge >= 0.3 is 0 Å². The lowest BCUT2D eigenvalue weighted by molar-refractivity contribution is -0.127. The van der Waals surface area contributed by atoms with Gasteiger partial charge in [-0.3, -0.25) is 4.79 Å². The smallest absolute Gasteiger partial charge is 0.224 e. The Morgan fingerprint density at radius 1 is 1.00 bits per heavy atom. The maximum absolute atomic E-state index is 13.5. The van der Waals surface area contributed by atoms with E-state index < -0.39 is 0 Å². The van der Waals surface area contributed by atoms with Crippen LogP contribution in [0.25, 0.3) is 10.8 Å². The molecule has 0 radical (unpaired) electrons. The number of rotatable bonds is 5. The second-order valence-corrected chi connectivity index (χ2v) is 8.88. The Bertz CT molecular complexity index is 1030. The molecule has 0 spiro atoms. The number of benzene rings is 3. The summed E-state index contributed by atoms with van der Waals surface area (Å²) in [6.07, 6.45) is 1.92. The molecule has 0 saturated carbocycles. The number of nitrogens with one attached hydrogen (secondary N) is 2. The number of halogens is 1. The molecule has 1 aliphatic heterocycles. The fraction of sp³-hybridized carbons (Fsp3) is 0.346. The van der Waals surface area contributed by atoms with Crippen molar-refractivity contribution >= 4 is 28.3 Å². The zero-order valence-electron chi connectivity index (χ0n) is 17.6. The van der Waals surface area contributed by atoms with Gasteiger partial charge in [-0.05, 0) is 66.9 Å². The van der Waals surface area contributed by atoms with Crippen LogP contribution in [0.1, 0.15) is 43.9 Å². The number of amides is 1. The molecule has 1 saturated heterocycles. The van der Waals surface area contributed by atoms with E-state index in [1.54, 1.807) is 0 Å². The van der Waals surface area contributed by atoms with Crippen LogP contribution in [0, 0.1) is 5.92 Å². The molecule has 4 rings (SSSR count). The second-order valence-electron chi connectivity index (χ2n) is 8.44. The molecule has 1 amide bonds. The van der Waals surface area contributed by atoms with Crippen LogP contribution in [-0.4, -0.2) is 19.0 Å². The topological polar surface area (TPSA) is 41.1 Å². The summed E-state index contributed by atoms with van der Waals surface area (Å²) in [5, 5.41) is 9.65. The first kappa shape index (κ1) is 20.9. The largest absolute Gasteiger partial charge is 0.349 e. The minimum atomic E-state index is -0.146. The average molecular weight is 421 g/mol. The van der Waals surface area contributed by atoms with Crippen molar-refractivity contribution in [2.24, 2.45) is 5.92 Å². The molecule has 2 N–H and O–H groups in total. The minimum Gasteiger partial charge on any atom is -0.349 e. The molecule has 1 heterocycles. The molecule has 4 heteroatoms. The normalized spacial score (nSPS) is 18.0. The highest BCUT2D eigenvalue weighted by molar-refractivity contribution is 6.31. The van der Waals surface area contributed by atoms with Crippen LogP contribution in [0.5, 0.6) is 0 Å². The third-order valence-corrected chi connectivity index (χ3v) is 6.97. The van der Waals surface area contributed by atoms with E-state index in [0.717, 1.165) is 42.3 Å². The Morgan fingerprint density at radius 2 is 1.67 bits per heavy atom. The molecule has 3 nitrogen and oxygen atoms in total. The summed E-state index contributed by atoms with van der Waals surface area (Å²) in [6.45, 7) is 5.98. The highest BCUT2D eigenvalue weighted by Gasteiger charge is 2.42. The zero-order chi connectivity index (χ0) is 21.1. The van der Waals surface area contributed by atoms with Crippen LogP contribution in [-0.2, 0) is 10.2 Å². The van der Waals surface area contributed by atoms with Gasteiger partial charge in [-0.1, -0.05) is 73.1 Å². The van der Waals surface area contributed by atoms with Crippen LogP contribution in [0.4, 0.5) is 0 Å². The van der Waals surface area contributed by atoms with E-state index in [1.165, 1.54) is 5.56 Å². The monoisotopic (exact) mass is 420 g/mol. The Balaban J connectivity index is 1.61. The van der Waals surface area contributed by atoms with E-state index >= 15 is 0 Å². The molecule has 0 aromatic heterocycles. The molecule has 2 unspecified atom stereocenters. The van der Waals surface area contributed by atoms with E-state index in [1.807, 2.05) is 37.3 Å². The number of fused-ring (bicyclic) bond motifs is 1. The third kappa shape index (κ3) is 3.97. The molecule has 0 aliphatic carbocycles. The number of carbonyl (C=O) groups excluding carboxylic acids is 1. The van der Waals surface area contributed by atoms with Gasteiger partial charge in [0.15, 0.2) is 0 Å². The summed E-state index contributed by atoms with van der Waals surface area (Å²) < 4.78 is 0. The fourth-order valence-electron chi connectivity index (χ4n) is 4.94. The van der Waals surface area contributed by atoms with Crippen molar-refractivity contribution in [2.75, 3.05) is 13.1 Å². The van der Waals surface area contributed by atoms with Gasteiger partial charge in [0.05, 0.1) is 6.04 Å². The van der Waals surface area contributed by atoms with Gasteiger partial charge in [0.25, 0.3) is 0 Å². The lowest BCUT2D eigenvalue weighted by Crippen LogP contribution is -2.49. The molecular formula is C26H29ClN2O. The highest BCUT2D eigenvalue weighted by atomic mass is 35.5. The van der Waals surface area contributed by atoms with Crippen molar-refractivity contribution in [3.05, 3.63) is 82.9 Å². The van der Waals surface area contributed by atoms with E-state index in [9.17, 15) is 4.79 Å². The summed E-state index contributed by atoms with van der Waals surface area (Å²) in [6, 6.07) is 22.5. The fourth-order valence-corrected chi connectivity index (χ4v) is 5.18. The third-order valence-electron chi connectivity index (χ3n) is 6.75. The highest BCUT2D eigenvalue weighted by Crippen LogP contribution is 2.41. The first-order valence-electron chi connectivity index (χ1n) is 10.8. The molecule has 1 fully saturated rings. The minimum absolute atomic E-state index is 0.0947. The van der Waals surface area contributed by atoms with Gasteiger partial charge in [0.2, 0.25) is 5.91 Å². The summed E-state index contributed by atoms with van der Waals surface area (Å²) in [5.74, 6) is -0.0350.